The van der Waals surface area contributed by atoms with Gasteiger partial charge in [-0.3, -0.25) is 4.79 Å². The number of carbonyl (C=O) groups excluding carboxylic acids is 1. The first-order valence-corrected chi connectivity index (χ1v) is 8.66. The Kier molecular flexibility index (Phi) is 5.14. The lowest BCUT2D eigenvalue weighted by molar-refractivity contribution is -0.144. The summed E-state index contributed by atoms with van der Waals surface area (Å²) >= 11 is 0. The number of amides is 1. The number of rotatable bonds is 3. The van der Waals surface area contributed by atoms with E-state index >= 15 is 0 Å². The van der Waals surface area contributed by atoms with E-state index in [2.05, 4.69) is 4.90 Å². The Bertz CT molecular complexity index is 349. The third-order valence-electron chi connectivity index (χ3n) is 5.33. The van der Waals surface area contributed by atoms with E-state index < -0.39 is 0 Å². The van der Waals surface area contributed by atoms with E-state index in [0.717, 1.165) is 38.8 Å². The van der Waals surface area contributed by atoms with Crippen molar-refractivity contribution in [3.05, 3.63) is 0 Å². The summed E-state index contributed by atoms with van der Waals surface area (Å²) in [4.78, 5) is 17.1. The molecule has 3 aliphatic heterocycles. The molecule has 0 aliphatic carbocycles. The molecule has 0 aromatic rings. The second-order valence-corrected chi connectivity index (χ2v) is 6.71. The second kappa shape index (κ2) is 7.07. The van der Waals surface area contributed by atoms with Crippen LogP contribution in [0, 0.1) is 0 Å². The molecule has 120 valence electrons. The molecule has 0 bridgehead atoms. The van der Waals surface area contributed by atoms with Crippen LogP contribution < -0.4 is 5.73 Å². The van der Waals surface area contributed by atoms with Gasteiger partial charge in [0.2, 0.25) is 0 Å². The molecule has 0 radical (unpaired) electrons. The summed E-state index contributed by atoms with van der Waals surface area (Å²) in [5.74, 6) is 0.197. The lowest BCUT2D eigenvalue weighted by atomic mass is 9.99. The molecule has 0 unspecified atom stereocenters. The highest BCUT2D eigenvalue weighted by molar-refractivity contribution is 5.81. The first-order chi connectivity index (χ1) is 10.3. The number of piperidine rings is 2. The molecular weight excluding hydrogens is 266 g/mol. The van der Waals surface area contributed by atoms with Gasteiger partial charge in [-0.2, -0.15) is 0 Å². The first-order valence-electron chi connectivity index (χ1n) is 8.66. The van der Waals surface area contributed by atoms with Gasteiger partial charge in [-0.1, -0.05) is 6.42 Å². The Labute approximate surface area is 127 Å². The largest absolute Gasteiger partial charge is 0.364 e. The summed E-state index contributed by atoms with van der Waals surface area (Å²) in [6.45, 7) is 4.83. The molecular formula is C16H29N3O2. The summed E-state index contributed by atoms with van der Waals surface area (Å²) < 4.78 is 5.74. The maximum Gasteiger partial charge on any atom is 0.251 e. The van der Waals surface area contributed by atoms with E-state index in [1.807, 2.05) is 4.90 Å². The fourth-order valence-electron chi connectivity index (χ4n) is 4.00. The minimum atomic E-state index is -0.231. The van der Waals surface area contributed by atoms with Gasteiger partial charge in [0.05, 0.1) is 6.10 Å². The Morgan fingerprint density at radius 2 is 1.71 bits per heavy atom. The van der Waals surface area contributed by atoms with Crippen LogP contribution >= 0.6 is 0 Å². The van der Waals surface area contributed by atoms with Crippen molar-refractivity contribution >= 4 is 5.91 Å². The van der Waals surface area contributed by atoms with Crippen LogP contribution in [0.25, 0.3) is 0 Å². The van der Waals surface area contributed by atoms with Crippen LogP contribution in [0.3, 0.4) is 0 Å². The highest BCUT2D eigenvalue weighted by Gasteiger charge is 2.35. The average molecular weight is 295 g/mol. The maximum absolute atomic E-state index is 12.5. The van der Waals surface area contributed by atoms with Gasteiger partial charge >= 0.3 is 0 Å². The monoisotopic (exact) mass is 295 g/mol. The Balaban J connectivity index is 1.45. The summed E-state index contributed by atoms with van der Waals surface area (Å²) in [5.41, 5.74) is 5.62. The predicted octanol–water partition coefficient (Wildman–Crippen LogP) is 0.970. The van der Waals surface area contributed by atoms with E-state index in [1.54, 1.807) is 0 Å². The maximum atomic E-state index is 12.5. The Morgan fingerprint density at radius 1 is 1.00 bits per heavy atom. The van der Waals surface area contributed by atoms with Crippen molar-refractivity contribution in [3.8, 4) is 0 Å². The van der Waals surface area contributed by atoms with Gasteiger partial charge in [-0.05, 0) is 51.6 Å². The second-order valence-electron chi connectivity index (χ2n) is 6.71. The smallest absolute Gasteiger partial charge is 0.251 e. The molecule has 3 saturated heterocycles. The number of hydrogen-bond acceptors (Lipinski definition) is 4. The van der Waals surface area contributed by atoms with Crippen molar-refractivity contribution in [1.82, 2.24) is 9.80 Å². The molecule has 5 nitrogen and oxygen atoms in total. The number of nitrogens with zero attached hydrogens (tertiary/aromatic N) is 2. The third kappa shape index (κ3) is 3.58. The zero-order valence-corrected chi connectivity index (χ0v) is 13.0. The zero-order valence-electron chi connectivity index (χ0n) is 13.0. The standard InChI is InChI=1S/C16H29N3O2/c17-12-14-4-5-15(21-14)16(20)19-10-6-13(7-11-19)18-8-2-1-3-9-18/h13-15H,1-12,17H2/t14-,15+/m1/s1. The minimum absolute atomic E-state index is 0.0878. The van der Waals surface area contributed by atoms with E-state index in [4.69, 9.17) is 10.5 Å². The van der Waals surface area contributed by atoms with E-state index in [1.165, 1.54) is 32.4 Å². The van der Waals surface area contributed by atoms with Crippen molar-refractivity contribution in [2.45, 2.75) is 63.2 Å². The summed E-state index contributed by atoms with van der Waals surface area (Å²) in [5, 5.41) is 0. The minimum Gasteiger partial charge on any atom is -0.364 e. The molecule has 0 aromatic heterocycles. The molecule has 1 amide bonds. The molecule has 2 atom stereocenters. The highest BCUT2D eigenvalue weighted by atomic mass is 16.5. The molecule has 0 aromatic carbocycles. The van der Waals surface area contributed by atoms with E-state index in [9.17, 15) is 4.79 Å². The van der Waals surface area contributed by atoms with Gasteiger partial charge < -0.3 is 20.3 Å². The Hall–Kier alpha value is -0.650. The summed E-state index contributed by atoms with van der Waals surface area (Å²) in [6.07, 6.45) is 7.94. The van der Waals surface area contributed by atoms with Crippen LogP contribution in [0.15, 0.2) is 0 Å². The highest BCUT2D eigenvalue weighted by Crippen LogP contribution is 2.24. The molecule has 3 rings (SSSR count). The lowest BCUT2D eigenvalue weighted by Gasteiger charge is -2.40. The van der Waals surface area contributed by atoms with Gasteiger partial charge in [-0.25, -0.2) is 0 Å². The summed E-state index contributed by atoms with van der Waals surface area (Å²) in [7, 11) is 0. The van der Waals surface area contributed by atoms with Crippen molar-refractivity contribution < 1.29 is 9.53 Å². The topological polar surface area (TPSA) is 58.8 Å². The van der Waals surface area contributed by atoms with E-state index in [0.29, 0.717) is 12.6 Å². The van der Waals surface area contributed by atoms with Crippen LogP contribution in [0.1, 0.15) is 44.9 Å². The van der Waals surface area contributed by atoms with Crippen molar-refractivity contribution in [2.75, 3.05) is 32.7 Å². The number of nitrogens with two attached hydrogens (primary N) is 1. The zero-order chi connectivity index (χ0) is 14.7. The van der Waals surface area contributed by atoms with Crippen LogP contribution in [0.5, 0.6) is 0 Å². The lowest BCUT2D eigenvalue weighted by Crippen LogP contribution is -2.50. The quantitative estimate of drug-likeness (QED) is 0.843. The van der Waals surface area contributed by atoms with Gasteiger partial charge in [0.15, 0.2) is 0 Å². The van der Waals surface area contributed by atoms with Gasteiger partial charge in [0.1, 0.15) is 6.10 Å². The van der Waals surface area contributed by atoms with Crippen LogP contribution in [-0.2, 0) is 9.53 Å². The Morgan fingerprint density at radius 3 is 2.33 bits per heavy atom. The predicted molar refractivity (Wildman–Crippen MR) is 82.0 cm³/mol. The molecule has 5 heteroatoms. The number of carbonyl (C=O) groups is 1. The van der Waals surface area contributed by atoms with Gasteiger partial charge in [0.25, 0.3) is 5.91 Å². The van der Waals surface area contributed by atoms with Gasteiger partial charge in [-0.15, -0.1) is 0 Å². The first kappa shape index (κ1) is 15.3. The van der Waals surface area contributed by atoms with Crippen LogP contribution in [-0.4, -0.2) is 66.7 Å². The van der Waals surface area contributed by atoms with Crippen molar-refractivity contribution in [2.24, 2.45) is 5.73 Å². The average Bonchev–Trinajstić information content (AvgIpc) is 3.04. The van der Waals surface area contributed by atoms with E-state index in [-0.39, 0.29) is 18.1 Å². The third-order valence-corrected chi connectivity index (χ3v) is 5.33. The molecule has 3 fully saturated rings. The molecule has 21 heavy (non-hydrogen) atoms. The molecule has 0 saturated carbocycles. The molecule has 0 spiro atoms. The fraction of sp³-hybridized carbons (Fsp3) is 0.938. The molecule has 2 N–H and O–H groups in total. The van der Waals surface area contributed by atoms with Crippen LogP contribution in [0.2, 0.25) is 0 Å². The van der Waals surface area contributed by atoms with Gasteiger partial charge in [0, 0.05) is 25.7 Å². The molecule has 3 heterocycles. The van der Waals surface area contributed by atoms with Crippen molar-refractivity contribution in [3.63, 3.8) is 0 Å². The number of likely N-dealkylation sites (tertiary alicyclic amines) is 2. The number of hydrogen-bond donors (Lipinski definition) is 1. The summed E-state index contributed by atoms with van der Waals surface area (Å²) in [6, 6.07) is 0.690. The fourth-order valence-corrected chi connectivity index (χ4v) is 4.00. The van der Waals surface area contributed by atoms with Crippen LogP contribution in [0.4, 0.5) is 0 Å². The number of ether oxygens (including phenoxy) is 1. The van der Waals surface area contributed by atoms with Crippen molar-refractivity contribution in [1.29, 1.82) is 0 Å². The normalized spacial score (nSPS) is 32.5. The molecule has 3 aliphatic rings. The SMILES string of the molecule is NC[C@H]1CC[C@@H](C(=O)N2CCC(N3CCCCC3)CC2)O1.